The average molecular weight is 273 g/mol. The molecule has 1 saturated carbocycles. The van der Waals surface area contributed by atoms with Crippen LogP contribution in [-0.2, 0) is 6.42 Å². The van der Waals surface area contributed by atoms with Gasteiger partial charge in [-0.1, -0.05) is 17.7 Å². The summed E-state index contributed by atoms with van der Waals surface area (Å²) in [5, 5.41) is 1.06. The zero-order valence-corrected chi connectivity index (χ0v) is 11.5. The van der Waals surface area contributed by atoms with Crippen LogP contribution in [0, 0.1) is 11.7 Å². The zero-order valence-electron chi connectivity index (χ0n) is 9.83. The van der Waals surface area contributed by atoms with Crippen molar-refractivity contribution in [2.24, 2.45) is 5.92 Å². The number of thiol groups is 1. The Morgan fingerprint density at radius 2 is 1.94 bits per heavy atom. The van der Waals surface area contributed by atoms with E-state index in [0.29, 0.717) is 10.3 Å². The molecule has 0 spiro atoms. The second kappa shape index (κ2) is 6.10. The lowest BCUT2D eigenvalue weighted by atomic mass is 9.85. The molecule has 0 saturated heterocycles. The fraction of sp³-hybridized carbons (Fsp3) is 0.571. The molecule has 1 aromatic carbocycles. The first-order valence-corrected chi connectivity index (χ1v) is 7.16. The van der Waals surface area contributed by atoms with Crippen LogP contribution in [0.25, 0.3) is 0 Å². The first-order chi connectivity index (χ1) is 8.15. The molecule has 0 aliphatic heterocycles. The molecule has 17 heavy (non-hydrogen) atoms. The third-order valence-electron chi connectivity index (χ3n) is 3.65. The van der Waals surface area contributed by atoms with Gasteiger partial charge in [-0.15, -0.1) is 0 Å². The van der Waals surface area contributed by atoms with Crippen LogP contribution in [0.2, 0.25) is 5.02 Å². The zero-order chi connectivity index (χ0) is 12.3. The molecule has 0 amide bonds. The Morgan fingerprint density at radius 3 is 2.59 bits per heavy atom. The minimum atomic E-state index is -0.166. The van der Waals surface area contributed by atoms with E-state index in [2.05, 4.69) is 12.6 Å². The van der Waals surface area contributed by atoms with Crippen molar-refractivity contribution in [1.82, 2.24) is 0 Å². The van der Waals surface area contributed by atoms with E-state index >= 15 is 0 Å². The van der Waals surface area contributed by atoms with Crippen molar-refractivity contribution in [1.29, 1.82) is 0 Å². The van der Waals surface area contributed by atoms with Crippen molar-refractivity contribution >= 4 is 24.2 Å². The van der Waals surface area contributed by atoms with Gasteiger partial charge < -0.3 is 0 Å². The minimum Gasteiger partial charge on any atom is -0.207 e. The van der Waals surface area contributed by atoms with Crippen molar-refractivity contribution in [3.8, 4) is 0 Å². The Morgan fingerprint density at radius 1 is 1.24 bits per heavy atom. The van der Waals surface area contributed by atoms with E-state index in [-0.39, 0.29) is 5.82 Å². The molecule has 0 aromatic heterocycles. The van der Waals surface area contributed by atoms with Crippen LogP contribution in [-0.4, -0.2) is 5.25 Å². The Bertz CT molecular complexity index is 372. The highest BCUT2D eigenvalue weighted by atomic mass is 35.5. The summed E-state index contributed by atoms with van der Waals surface area (Å²) in [7, 11) is 0. The van der Waals surface area contributed by atoms with Gasteiger partial charge in [0.15, 0.2) is 0 Å². The molecule has 1 aromatic rings. The second-order valence-corrected chi connectivity index (χ2v) is 6.12. The van der Waals surface area contributed by atoms with Gasteiger partial charge in [0.25, 0.3) is 0 Å². The predicted molar refractivity (Wildman–Crippen MR) is 74.5 cm³/mol. The number of rotatable bonds is 3. The van der Waals surface area contributed by atoms with Gasteiger partial charge in [-0.2, -0.15) is 12.6 Å². The molecule has 0 N–H and O–H groups in total. The molecule has 0 unspecified atom stereocenters. The fourth-order valence-electron chi connectivity index (χ4n) is 2.52. The van der Waals surface area contributed by atoms with E-state index in [1.165, 1.54) is 31.7 Å². The van der Waals surface area contributed by atoms with Gasteiger partial charge in [-0.05, 0) is 62.1 Å². The summed E-state index contributed by atoms with van der Waals surface area (Å²) in [5.41, 5.74) is 0.794. The minimum absolute atomic E-state index is 0.166. The molecule has 0 atom stereocenters. The van der Waals surface area contributed by atoms with Gasteiger partial charge in [0.05, 0.1) is 0 Å². The van der Waals surface area contributed by atoms with Gasteiger partial charge in [-0.3, -0.25) is 0 Å². The molecular formula is C14H18ClFS. The molecule has 1 fully saturated rings. The molecular weight excluding hydrogens is 255 g/mol. The summed E-state index contributed by atoms with van der Waals surface area (Å²) >= 11 is 10.2. The molecule has 2 rings (SSSR count). The second-order valence-electron chi connectivity index (χ2n) is 4.95. The lowest BCUT2D eigenvalue weighted by Gasteiger charge is -2.25. The van der Waals surface area contributed by atoms with Crippen molar-refractivity contribution in [2.75, 3.05) is 0 Å². The molecule has 0 nitrogen and oxygen atoms in total. The molecule has 0 radical (unpaired) electrons. The molecule has 3 heteroatoms. The summed E-state index contributed by atoms with van der Waals surface area (Å²) in [5.74, 6) is 0.578. The summed E-state index contributed by atoms with van der Waals surface area (Å²) in [6.07, 6.45) is 6.80. The van der Waals surface area contributed by atoms with Gasteiger partial charge in [0, 0.05) is 10.3 Å². The Hall–Kier alpha value is -0.210. The standard InChI is InChI=1S/C14H18ClFS/c15-12-6-5-11(14(16)9-12)4-1-10-2-7-13(17)8-3-10/h5-6,9-10,13,17H,1-4,7-8H2. The first-order valence-electron chi connectivity index (χ1n) is 6.27. The van der Waals surface area contributed by atoms with Crippen LogP contribution in [0.1, 0.15) is 37.7 Å². The maximum atomic E-state index is 13.6. The number of aryl methyl sites for hydroxylation is 1. The first kappa shape index (κ1) is 13.2. The van der Waals surface area contributed by atoms with Crippen LogP contribution >= 0.6 is 24.2 Å². The topological polar surface area (TPSA) is 0 Å². The predicted octanol–water partition coefficient (Wildman–Crippen LogP) is 4.90. The van der Waals surface area contributed by atoms with Gasteiger partial charge in [0.2, 0.25) is 0 Å². The Labute approximate surface area is 113 Å². The largest absolute Gasteiger partial charge is 0.207 e. The van der Waals surface area contributed by atoms with E-state index < -0.39 is 0 Å². The number of halogens is 2. The quantitative estimate of drug-likeness (QED) is 0.744. The van der Waals surface area contributed by atoms with Crippen LogP contribution in [0.15, 0.2) is 18.2 Å². The van der Waals surface area contributed by atoms with E-state index in [1.807, 2.05) is 6.07 Å². The highest BCUT2D eigenvalue weighted by Gasteiger charge is 2.18. The van der Waals surface area contributed by atoms with Crippen molar-refractivity contribution < 1.29 is 4.39 Å². The smallest absolute Gasteiger partial charge is 0.127 e. The van der Waals surface area contributed by atoms with Crippen LogP contribution in [0.4, 0.5) is 4.39 Å². The van der Waals surface area contributed by atoms with Gasteiger partial charge in [0.1, 0.15) is 5.82 Å². The van der Waals surface area contributed by atoms with Crippen molar-refractivity contribution in [2.45, 2.75) is 43.8 Å². The van der Waals surface area contributed by atoms with E-state index in [1.54, 1.807) is 6.07 Å². The SMILES string of the molecule is Fc1cc(Cl)ccc1CCC1CCC(S)CC1. The van der Waals surface area contributed by atoms with Crippen LogP contribution < -0.4 is 0 Å². The Balaban J connectivity index is 1.85. The lowest BCUT2D eigenvalue weighted by Crippen LogP contribution is -2.15. The highest BCUT2D eigenvalue weighted by molar-refractivity contribution is 7.80. The summed E-state index contributed by atoms with van der Waals surface area (Å²) in [4.78, 5) is 0. The third kappa shape index (κ3) is 3.89. The van der Waals surface area contributed by atoms with Crippen LogP contribution in [0.3, 0.4) is 0 Å². The maximum Gasteiger partial charge on any atom is 0.127 e. The summed E-state index contributed by atoms with van der Waals surface area (Å²) in [6, 6.07) is 4.98. The van der Waals surface area contributed by atoms with E-state index in [0.717, 1.165) is 24.3 Å². The van der Waals surface area contributed by atoms with E-state index in [9.17, 15) is 4.39 Å². The summed E-state index contributed by atoms with van der Waals surface area (Å²) < 4.78 is 13.6. The van der Waals surface area contributed by atoms with Crippen molar-refractivity contribution in [3.63, 3.8) is 0 Å². The van der Waals surface area contributed by atoms with Crippen molar-refractivity contribution in [3.05, 3.63) is 34.6 Å². The molecule has 1 aliphatic rings. The number of hydrogen-bond donors (Lipinski definition) is 1. The lowest BCUT2D eigenvalue weighted by molar-refractivity contribution is 0.345. The normalized spacial score (nSPS) is 24.9. The summed E-state index contributed by atoms with van der Waals surface area (Å²) in [6.45, 7) is 0. The maximum absolute atomic E-state index is 13.6. The van der Waals surface area contributed by atoms with E-state index in [4.69, 9.17) is 11.6 Å². The molecule has 0 bridgehead atoms. The fourth-order valence-corrected chi connectivity index (χ4v) is 2.97. The molecule has 1 aliphatic carbocycles. The highest BCUT2D eigenvalue weighted by Crippen LogP contribution is 2.30. The van der Waals surface area contributed by atoms with Crippen LogP contribution in [0.5, 0.6) is 0 Å². The number of benzene rings is 1. The third-order valence-corrected chi connectivity index (χ3v) is 4.40. The molecule has 94 valence electrons. The van der Waals surface area contributed by atoms with Gasteiger partial charge >= 0.3 is 0 Å². The van der Waals surface area contributed by atoms with Gasteiger partial charge in [-0.25, -0.2) is 4.39 Å². The Kier molecular flexibility index (Phi) is 4.75. The number of hydrogen-bond acceptors (Lipinski definition) is 1. The average Bonchev–Trinajstić information content (AvgIpc) is 2.30. The molecule has 0 heterocycles. The monoisotopic (exact) mass is 272 g/mol.